The summed E-state index contributed by atoms with van der Waals surface area (Å²) in [6.07, 6.45) is 4.65. The van der Waals surface area contributed by atoms with Crippen LogP contribution in [0.25, 0.3) is 5.57 Å². The summed E-state index contributed by atoms with van der Waals surface area (Å²) in [5.74, 6) is -0.347. The average Bonchev–Trinajstić information content (AvgIpc) is 2.18. The van der Waals surface area contributed by atoms with E-state index < -0.39 is 0 Å². The lowest BCUT2D eigenvalue weighted by atomic mass is 10.1. The fourth-order valence-electron chi connectivity index (χ4n) is 1.22. The number of nitrogens with zero attached hydrogens (tertiary/aromatic N) is 2. The number of rotatable bonds is 3. The number of carbonyl (C=O) groups is 1. The molecule has 15 heavy (non-hydrogen) atoms. The zero-order valence-electron chi connectivity index (χ0n) is 9.15. The third kappa shape index (κ3) is 3.16. The normalized spacial score (nSPS) is 11.3. The fourth-order valence-corrected chi connectivity index (χ4v) is 1.22. The van der Waals surface area contributed by atoms with Crippen LogP contribution in [-0.4, -0.2) is 22.5 Å². The van der Waals surface area contributed by atoms with Crippen molar-refractivity contribution in [1.82, 2.24) is 9.97 Å². The second-order valence-corrected chi connectivity index (χ2v) is 3.07. The minimum absolute atomic E-state index is 0.347. The molecule has 1 heterocycles. The highest BCUT2D eigenvalue weighted by Crippen LogP contribution is 2.12. The molecule has 0 fully saturated rings. The Bertz CT molecular complexity index is 386. The minimum Gasteiger partial charge on any atom is -0.463 e. The first-order chi connectivity index (χ1) is 7.15. The summed E-state index contributed by atoms with van der Waals surface area (Å²) in [5.41, 5.74) is 2.29. The molecular formula is C11H14N2O2. The molecule has 80 valence electrons. The summed E-state index contributed by atoms with van der Waals surface area (Å²) >= 11 is 0. The van der Waals surface area contributed by atoms with E-state index in [1.54, 1.807) is 19.3 Å². The van der Waals surface area contributed by atoms with Gasteiger partial charge in [0.05, 0.1) is 18.0 Å². The van der Waals surface area contributed by atoms with Crippen molar-refractivity contribution in [2.75, 3.05) is 6.61 Å². The van der Waals surface area contributed by atoms with Gasteiger partial charge in [-0.05, 0) is 26.3 Å². The van der Waals surface area contributed by atoms with E-state index in [0.717, 1.165) is 17.0 Å². The molecule has 0 saturated heterocycles. The largest absolute Gasteiger partial charge is 0.463 e. The van der Waals surface area contributed by atoms with E-state index in [9.17, 15) is 4.79 Å². The summed E-state index contributed by atoms with van der Waals surface area (Å²) in [4.78, 5) is 19.4. The van der Waals surface area contributed by atoms with Crippen LogP contribution in [0, 0.1) is 6.92 Å². The summed E-state index contributed by atoms with van der Waals surface area (Å²) in [5, 5.41) is 0. The number of hydrogen-bond acceptors (Lipinski definition) is 4. The Kier molecular flexibility index (Phi) is 3.97. The maximum atomic E-state index is 11.2. The Morgan fingerprint density at radius 2 is 2.13 bits per heavy atom. The SMILES string of the molecule is CCOC(=O)/C=C(/C)c1nccnc1C. The maximum Gasteiger partial charge on any atom is 0.331 e. The number of ether oxygens (including phenoxy) is 1. The van der Waals surface area contributed by atoms with Crippen LogP contribution in [0.4, 0.5) is 0 Å². The number of carbonyl (C=O) groups excluding carboxylic acids is 1. The van der Waals surface area contributed by atoms with Gasteiger partial charge >= 0.3 is 5.97 Å². The quantitative estimate of drug-likeness (QED) is 0.558. The van der Waals surface area contributed by atoms with E-state index in [-0.39, 0.29) is 5.97 Å². The summed E-state index contributed by atoms with van der Waals surface area (Å²) in [7, 11) is 0. The van der Waals surface area contributed by atoms with Crippen LogP contribution in [0.1, 0.15) is 25.2 Å². The Morgan fingerprint density at radius 1 is 1.47 bits per heavy atom. The molecule has 0 saturated carbocycles. The number of allylic oxidation sites excluding steroid dienone is 1. The zero-order valence-corrected chi connectivity index (χ0v) is 9.15. The van der Waals surface area contributed by atoms with Crippen molar-refractivity contribution in [2.24, 2.45) is 0 Å². The Hall–Kier alpha value is -1.71. The molecule has 0 unspecified atom stereocenters. The molecule has 0 atom stereocenters. The minimum atomic E-state index is -0.347. The highest BCUT2D eigenvalue weighted by atomic mass is 16.5. The third-order valence-corrected chi connectivity index (χ3v) is 1.88. The van der Waals surface area contributed by atoms with Crippen molar-refractivity contribution in [1.29, 1.82) is 0 Å². The number of aromatic nitrogens is 2. The topological polar surface area (TPSA) is 52.1 Å². The third-order valence-electron chi connectivity index (χ3n) is 1.88. The Morgan fingerprint density at radius 3 is 2.73 bits per heavy atom. The molecule has 1 aromatic rings. The molecule has 4 nitrogen and oxygen atoms in total. The van der Waals surface area contributed by atoms with E-state index in [4.69, 9.17) is 4.74 Å². The molecule has 0 aliphatic carbocycles. The molecule has 4 heteroatoms. The molecule has 1 aromatic heterocycles. The van der Waals surface area contributed by atoms with Crippen molar-refractivity contribution >= 4 is 11.5 Å². The second-order valence-electron chi connectivity index (χ2n) is 3.07. The van der Waals surface area contributed by atoms with Crippen LogP contribution >= 0.6 is 0 Å². The number of hydrogen-bond donors (Lipinski definition) is 0. The van der Waals surface area contributed by atoms with Gasteiger partial charge < -0.3 is 4.74 Å². The first kappa shape index (κ1) is 11.4. The summed E-state index contributed by atoms with van der Waals surface area (Å²) < 4.78 is 4.81. The summed E-state index contributed by atoms with van der Waals surface area (Å²) in [6, 6.07) is 0. The molecule has 0 spiro atoms. The van der Waals surface area contributed by atoms with Crippen LogP contribution in [0.3, 0.4) is 0 Å². The van der Waals surface area contributed by atoms with Crippen LogP contribution in [0.5, 0.6) is 0 Å². The van der Waals surface area contributed by atoms with Crippen molar-refractivity contribution in [3.05, 3.63) is 29.9 Å². The highest BCUT2D eigenvalue weighted by Gasteiger charge is 2.05. The molecule has 0 aliphatic rings. The van der Waals surface area contributed by atoms with Crippen LogP contribution in [0.2, 0.25) is 0 Å². The first-order valence-electron chi connectivity index (χ1n) is 4.78. The lowest BCUT2D eigenvalue weighted by Crippen LogP contribution is -2.01. The smallest absolute Gasteiger partial charge is 0.331 e. The summed E-state index contributed by atoms with van der Waals surface area (Å²) in [6.45, 7) is 5.81. The van der Waals surface area contributed by atoms with Gasteiger partial charge in [0.15, 0.2) is 0 Å². The molecule has 0 bridgehead atoms. The molecule has 0 aromatic carbocycles. The average molecular weight is 206 g/mol. The van der Waals surface area contributed by atoms with E-state index in [1.807, 2.05) is 13.8 Å². The van der Waals surface area contributed by atoms with Crippen molar-refractivity contribution < 1.29 is 9.53 Å². The molecule has 0 N–H and O–H groups in total. The number of esters is 1. The zero-order chi connectivity index (χ0) is 11.3. The second kappa shape index (κ2) is 5.24. The molecular weight excluding hydrogens is 192 g/mol. The van der Waals surface area contributed by atoms with Crippen molar-refractivity contribution in [3.63, 3.8) is 0 Å². The molecule has 0 aliphatic heterocycles. The monoisotopic (exact) mass is 206 g/mol. The van der Waals surface area contributed by atoms with Gasteiger partial charge in [0, 0.05) is 18.5 Å². The molecule has 0 radical (unpaired) electrons. The van der Waals surface area contributed by atoms with Gasteiger partial charge in [-0.15, -0.1) is 0 Å². The predicted octanol–water partition coefficient (Wildman–Crippen LogP) is 1.75. The lowest BCUT2D eigenvalue weighted by Gasteiger charge is -2.03. The predicted molar refractivity (Wildman–Crippen MR) is 57.1 cm³/mol. The first-order valence-corrected chi connectivity index (χ1v) is 4.78. The van der Waals surface area contributed by atoms with Crippen molar-refractivity contribution in [2.45, 2.75) is 20.8 Å². The van der Waals surface area contributed by atoms with E-state index in [0.29, 0.717) is 6.61 Å². The Balaban J connectivity index is 2.89. The van der Waals surface area contributed by atoms with Crippen LogP contribution < -0.4 is 0 Å². The standard InChI is InChI=1S/C11H14N2O2/c1-4-15-10(14)7-8(2)11-9(3)12-5-6-13-11/h5-7H,4H2,1-3H3/b8-7-. The molecule has 1 rings (SSSR count). The molecule has 0 amide bonds. The van der Waals surface area contributed by atoms with Gasteiger partial charge in [0.2, 0.25) is 0 Å². The maximum absolute atomic E-state index is 11.2. The van der Waals surface area contributed by atoms with Gasteiger partial charge in [-0.25, -0.2) is 4.79 Å². The Labute approximate surface area is 89.0 Å². The van der Waals surface area contributed by atoms with Gasteiger partial charge in [-0.2, -0.15) is 0 Å². The van der Waals surface area contributed by atoms with Gasteiger partial charge in [-0.3, -0.25) is 9.97 Å². The van der Waals surface area contributed by atoms with Gasteiger partial charge in [0.1, 0.15) is 0 Å². The van der Waals surface area contributed by atoms with Gasteiger partial charge in [0.25, 0.3) is 0 Å². The van der Waals surface area contributed by atoms with Crippen LogP contribution in [-0.2, 0) is 9.53 Å². The van der Waals surface area contributed by atoms with E-state index in [1.165, 1.54) is 6.08 Å². The van der Waals surface area contributed by atoms with Crippen LogP contribution in [0.15, 0.2) is 18.5 Å². The van der Waals surface area contributed by atoms with E-state index in [2.05, 4.69) is 9.97 Å². The van der Waals surface area contributed by atoms with Crippen molar-refractivity contribution in [3.8, 4) is 0 Å². The van der Waals surface area contributed by atoms with E-state index >= 15 is 0 Å². The highest BCUT2D eigenvalue weighted by molar-refractivity contribution is 5.90. The lowest BCUT2D eigenvalue weighted by molar-refractivity contribution is -0.137. The fraction of sp³-hybridized carbons (Fsp3) is 0.364. The number of aryl methyl sites for hydroxylation is 1. The van der Waals surface area contributed by atoms with Gasteiger partial charge in [-0.1, -0.05) is 0 Å².